The zero-order chi connectivity index (χ0) is 15.5. The van der Waals surface area contributed by atoms with Crippen LogP contribution in [0.4, 0.5) is 10.5 Å². The molecule has 3 rings (SSSR count). The molecule has 3 unspecified atom stereocenters. The molecular formula is C17H24N2O2S. The topological polar surface area (TPSA) is 49.4 Å². The third kappa shape index (κ3) is 3.05. The predicted octanol–water partition coefficient (Wildman–Crippen LogP) is 2.84. The van der Waals surface area contributed by atoms with Crippen LogP contribution in [-0.2, 0) is 17.2 Å². The monoisotopic (exact) mass is 320 g/mol. The smallest absolute Gasteiger partial charge is 0.322 e. The molecule has 1 N–H and O–H groups in total. The number of carbonyl (C=O) groups excluding carboxylic acids is 1. The van der Waals surface area contributed by atoms with E-state index in [2.05, 4.69) is 11.4 Å². The first kappa shape index (κ1) is 15.5. The van der Waals surface area contributed by atoms with Crippen molar-refractivity contribution >= 4 is 22.5 Å². The summed E-state index contributed by atoms with van der Waals surface area (Å²) in [5, 5.41) is 3.27. The van der Waals surface area contributed by atoms with Crippen molar-refractivity contribution in [3.63, 3.8) is 0 Å². The van der Waals surface area contributed by atoms with Crippen molar-refractivity contribution in [2.24, 2.45) is 0 Å². The number of hydrogen-bond donors (Lipinski definition) is 1. The summed E-state index contributed by atoms with van der Waals surface area (Å²) in [6.45, 7) is 2.69. The molecule has 120 valence electrons. The summed E-state index contributed by atoms with van der Waals surface area (Å²) in [6.07, 6.45) is 5.05. The summed E-state index contributed by atoms with van der Waals surface area (Å²) >= 11 is 0. The maximum Gasteiger partial charge on any atom is 0.322 e. The SMILES string of the molecule is CCS(=O)C1CCCCC1NC(=O)N1CCc2ccccc21. The van der Waals surface area contributed by atoms with Gasteiger partial charge in [-0.15, -0.1) is 0 Å². The third-order valence-corrected chi connectivity index (χ3v) is 6.57. The van der Waals surface area contributed by atoms with Crippen molar-refractivity contribution in [1.82, 2.24) is 5.32 Å². The van der Waals surface area contributed by atoms with E-state index >= 15 is 0 Å². The molecule has 2 aliphatic rings. The molecule has 0 radical (unpaired) electrons. The summed E-state index contributed by atoms with van der Waals surface area (Å²) in [4.78, 5) is 14.5. The van der Waals surface area contributed by atoms with Gasteiger partial charge in [0.1, 0.15) is 0 Å². The molecule has 0 bridgehead atoms. The van der Waals surface area contributed by atoms with Crippen LogP contribution < -0.4 is 10.2 Å². The summed E-state index contributed by atoms with van der Waals surface area (Å²) in [6, 6.07) is 8.09. The van der Waals surface area contributed by atoms with E-state index in [1.165, 1.54) is 5.56 Å². The fourth-order valence-corrected chi connectivity index (χ4v) is 5.00. The number of nitrogens with zero attached hydrogens (tertiary/aromatic N) is 1. The van der Waals surface area contributed by atoms with E-state index in [-0.39, 0.29) is 17.3 Å². The van der Waals surface area contributed by atoms with Crippen LogP contribution in [0.1, 0.15) is 38.2 Å². The highest BCUT2D eigenvalue weighted by molar-refractivity contribution is 7.85. The van der Waals surface area contributed by atoms with Gasteiger partial charge in [-0.2, -0.15) is 0 Å². The van der Waals surface area contributed by atoms with Crippen LogP contribution in [0.3, 0.4) is 0 Å². The summed E-state index contributed by atoms with van der Waals surface area (Å²) in [5.41, 5.74) is 2.25. The lowest BCUT2D eigenvalue weighted by molar-refractivity contribution is 0.239. The van der Waals surface area contributed by atoms with Crippen molar-refractivity contribution in [1.29, 1.82) is 0 Å². The number of para-hydroxylation sites is 1. The van der Waals surface area contributed by atoms with Gasteiger partial charge < -0.3 is 5.32 Å². The third-order valence-electron chi connectivity index (χ3n) is 4.77. The Hall–Kier alpha value is -1.36. The molecule has 1 saturated carbocycles. The Balaban J connectivity index is 1.70. The molecule has 0 saturated heterocycles. The van der Waals surface area contributed by atoms with E-state index in [0.717, 1.165) is 44.3 Å². The fraction of sp³-hybridized carbons (Fsp3) is 0.588. The van der Waals surface area contributed by atoms with Gasteiger partial charge in [0.15, 0.2) is 0 Å². The van der Waals surface area contributed by atoms with Gasteiger partial charge in [0.2, 0.25) is 0 Å². The second-order valence-electron chi connectivity index (χ2n) is 6.08. The number of nitrogens with one attached hydrogen (secondary N) is 1. The Labute approximate surface area is 134 Å². The first-order chi connectivity index (χ1) is 10.7. The molecule has 1 aliphatic heterocycles. The Morgan fingerprint density at radius 1 is 1.32 bits per heavy atom. The number of fused-ring (bicyclic) bond motifs is 1. The lowest BCUT2D eigenvalue weighted by atomic mass is 9.95. The molecule has 5 heteroatoms. The summed E-state index contributed by atoms with van der Waals surface area (Å²) < 4.78 is 12.2. The minimum atomic E-state index is -0.840. The Bertz CT molecular complexity index is 576. The molecule has 22 heavy (non-hydrogen) atoms. The highest BCUT2D eigenvalue weighted by atomic mass is 32.2. The van der Waals surface area contributed by atoms with Crippen LogP contribution in [0, 0.1) is 0 Å². The number of amides is 2. The van der Waals surface area contributed by atoms with Crippen molar-refractivity contribution in [3.8, 4) is 0 Å². The Morgan fingerprint density at radius 3 is 2.91 bits per heavy atom. The number of benzene rings is 1. The van der Waals surface area contributed by atoms with E-state index in [0.29, 0.717) is 5.75 Å². The number of anilines is 1. The molecule has 4 nitrogen and oxygen atoms in total. The number of urea groups is 1. The standard InChI is InChI=1S/C17H24N2O2S/c1-2-22(21)16-10-6-4-8-14(16)18-17(20)19-12-11-13-7-3-5-9-15(13)19/h3,5,7,9,14,16H,2,4,6,8,10-12H2,1H3,(H,18,20). The molecule has 0 spiro atoms. The quantitative estimate of drug-likeness (QED) is 0.931. The molecule has 1 aromatic rings. The van der Waals surface area contributed by atoms with E-state index in [1.807, 2.05) is 30.0 Å². The van der Waals surface area contributed by atoms with Crippen molar-refractivity contribution in [3.05, 3.63) is 29.8 Å². The normalized spacial score (nSPS) is 25.6. The molecule has 1 aromatic carbocycles. The Kier molecular flexibility index (Phi) is 4.81. The molecule has 2 amide bonds. The molecule has 3 atom stereocenters. The maximum absolute atomic E-state index is 12.6. The zero-order valence-electron chi connectivity index (χ0n) is 13.1. The van der Waals surface area contributed by atoms with Crippen molar-refractivity contribution in [2.75, 3.05) is 17.2 Å². The molecule has 1 aliphatic carbocycles. The van der Waals surface area contributed by atoms with Crippen LogP contribution in [0.2, 0.25) is 0 Å². The molecule has 1 fully saturated rings. The van der Waals surface area contributed by atoms with Crippen LogP contribution in [0.5, 0.6) is 0 Å². The number of hydrogen-bond acceptors (Lipinski definition) is 2. The summed E-state index contributed by atoms with van der Waals surface area (Å²) in [7, 11) is -0.840. The number of carbonyl (C=O) groups is 1. The second-order valence-corrected chi connectivity index (χ2v) is 8.02. The summed E-state index contributed by atoms with van der Waals surface area (Å²) in [5.74, 6) is 0.670. The lowest BCUT2D eigenvalue weighted by Gasteiger charge is -2.32. The van der Waals surface area contributed by atoms with Gasteiger partial charge in [-0.1, -0.05) is 38.0 Å². The van der Waals surface area contributed by atoms with Crippen LogP contribution in [-0.4, -0.2) is 33.8 Å². The van der Waals surface area contributed by atoms with Crippen molar-refractivity contribution in [2.45, 2.75) is 50.3 Å². The molecular weight excluding hydrogens is 296 g/mol. The highest BCUT2D eigenvalue weighted by Crippen LogP contribution is 2.28. The minimum Gasteiger partial charge on any atom is -0.334 e. The number of rotatable bonds is 3. The van der Waals surface area contributed by atoms with Gasteiger partial charge in [0, 0.05) is 34.8 Å². The van der Waals surface area contributed by atoms with Gasteiger partial charge in [-0.3, -0.25) is 9.11 Å². The average Bonchev–Trinajstić information content (AvgIpc) is 2.99. The van der Waals surface area contributed by atoms with E-state index in [9.17, 15) is 9.00 Å². The van der Waals surface area contributed by atoms with E-state index in [1.54, 1.807) is 0 Å². The Morgan fingerprint density at radius 2 is 2.09 bits per heavy atom. The molecule has 1 heterocycles. The van der Waals surface area contributed by atoms with E-state index < -0.39 is 10.8 Å². The van der Waals surface area contributed by atoms with Crippen LogP contribution >= 0.6 is 0 Å². The van der Waals surface area contributed by atoms with Gasteiger partial charge in [0.25, 0.3) is 0 Å². The highest BCUT2D eigenvalue weighted by Gasteiger charge is 2.32. The second kappa shape index (κ2) is 6.82. The zero-order valence-corrected chi connectivity index (χ0v) is 13.9. The average molecular weight is 320 g/mol. The lowest BCUT2D eigenvalue weighted by Crippen LogP contribution is -2.51. The van der Waals surface area contributed by atoms with Crippen molar-refractivity contribution < 1.29 is 9.00 Å². The minimum absolute atomic E-state index is 0.0325. The van der Waals surface area contributed by atoms with Gasteiger partial charge in [-0.25, -0.2) is 4.79 Å². The largest absolute Gasteiger partial charge is 0.334 e. The van der Waals surface area contributed by atoms with Gasteiger partial charge in [-0.05, 0) is 30.9 Å². The predicted molar refractivity (Wildman–Crippen MR) is 90.8 cm³/mol. The van der Waals surface area contributed by atoms with E-state index in [4.69, 9.17) is 0 Å². The fourth-order valence-electron chi connectivity index (χ4n) is 3.58. The van der Waals surface area contributed by atoms with Gasteiger partial charge >= 0.3 is 6.03 Å². The van der Waals surface area contributed by atoms with Crippen LogP contribution in [0.15, 0.2) is 24.3 Å². The van der Waals surface area contributed by atoms with Gasteiger partial charge in [0.05, 0.1) is 5.25 Å². The molecule has 0 aromatic heterocycles. The maximum atomic E-state index is 12.6. The first-order valence-electron chi connectivity index (χ1n) is 8.24. The van der Waals surface area contributed by atoms with Crippen LogP contribution in [0.25, 0.3) is 0 Å². The first-order valence-corrected chi connectivity index (χ1v) is 9.62.